The molecule has 1 fully saturated rings. The SMILES string of the molecule is Cc1noc(-c2ccc(C(=O)N3CC[C@@H](C(=O)O)C3)cc2)n1. The van der Waals surface area contributed by atoms with Crippen molar-refractivity contribution in [3.8, 4) is 11.5 Å². The van der Waals surface area contributed by atoms with Crippen LogP contribution in [-0.2, 0) is 4.79 Å². The van der Waals surface area contributed by atoms with Gasteiger partial charge < -0.3 is 14.5 Å². The Hall–Kier alpha value is -2.70. The molecular formula is C15H15N3O4. The van der Waals surface area contributed by atoms with Crippen molar-refractivity contribution >= 4 is 11.9 Å². The number of carbonyl (C=O) groups is 2. The number of rotatable bonds is 3. The van der Waals surface area contributed by atoms with Crippen LogP contribution in [0.5, 0.6) is 0 Å². The van der Waals surface area contributed by atoms with Crippen LogP contribution < -0.4 is 0 Å². The molecule has 7 nitrogen and oxygen atoms in total. The molecule has 0 radical (unpaired) electrons. The maximum atomic E-state index is 12.3. The summed E-state index contributed by atoms with van der Waals surface area (Å²) in [6.07, 6.45) is 0.500. The second kappa shape index (κ2) is 5.59. The van der Waals surface area contributed by atoms with Crippen molar-refractivity contribution in [1.29, 1.82) is 0 Å². The minimum atomic E-state index is -0.850. The normalized spacial score (nSPS) is 17.7. The van der Waals surface area contributed by atoms with Gasteiger partial charge in [-0.25, -0.2) is 0 Å². The predicted molar refractivity (Wildman–Crippen MR) is 76.1 cm³/mol. The zero-order valence-electron chi connectivity index (χ0n) is 12.0. The number of likely N-dealkylation sites (tertiary alicyclic amines) is 1. The molecule has 2 heterocycles. The quantitative estimate of drug-likeness (QED) is 0.924. The summed E-state index contributed by atoms with van der Waals surface area (Å²) in [4.78, 5) is 29.0. The third kappa shape index (κ3) is 2.69. The van der Waals surface area contributed by atoms with Gasteiger partial charge in [-0.2, -0.15) is 4.98 Å². The molecule has 0 spiro atoms. The summed E-state index contributed by atoms with van der Waals surface area (Å²) in [7, 11) is 0. The summed E-state index contributed by atoms with van der Waals surface area (Å²) in [6, 6.07) is 6.85. The van der Waals surface area contributed by atoms with Crippen molar-refractivity contribution in [2.45, 2.75) is 13.3 Å². The molecule has 1 aliphatic heterocycles. The smallest absolute Gasteiger partial charge is 0.308 e. The Labute approximate surface area is 126 Å². The molecule has 1 N–H and O–H groups in total. The fraction of sp³-hybridized carbons (Fsp3) is 0.333. The Morgan fingerprint density at radius 3 is 2.59 bits per heavy atom. The van der Waals surface area contributed by atoms with Crippen LogP contribution in [0.1, 0.15) is 22.6 Å². The van der Waals surface area contributed by atoms with Crippen LogP contribution >= 0.6 is 0 Å². The van der Waals surface area contributed by atoms with Gasteiger partial charge in [0.2, 0.25) is 0 Å². The number of carboxylic acids is 1. The number of carbonyl (C=O) groups excluding carboxylic acids is 1. The molecule has 0 bridgehead atoms. The van der Waals surface area contributed by atoms with Gasteiger partial charge in [0, 0.05) is 24.2 Å². The van der Waals surface area contributed by atoms with E-state index in [1.54, 1.807) is 36.1 Å². The molecule has 1 aliphatic rings. The third-order valence-corrected chi connectivity index (χ3v) is 3.73. The van der Waals surface area contributed by atoms with E-state index in [0.717, 1.165) is 5.56 Å². The second-order valence-electron chi connectivity index (χ2n) is 5.30. The molecule has 2 aromatic rings. The van der Waals surface area contributed by atoms with E-state index in [1.165, 1.54) is 0 Å². The molecule has 0 saturated carbocycles. The van der Waals surface area contributed by atoms with Crippen LogP contribution in [-0.4, -0.2) is 45.1 Å². The molecule has 0 unspecified atom stereocenters. The highest BCUT2D eigenvalue weighted by Gasteiger charge is 2.31. The predicted octanol–water partition coefficient (Wildman–Crippen LogP) is 1.59. The van der Waals surface area contributed by atoms with Crippen LogP contribution in [0.2, 0.25) is 0 Å². The van der Waals surface area contributed by atoms with Crippen molar-refractivity contribution in [2.75, 3.05) is 13.1 Å². The van der Waals surface area contributed by atoms with Crippen LogP contribution in [0.4, 0.5) is 0 Å². The largest absolute Gasteiger partial charge is 0.481 e. The highest BCUT2D eigenvalue weighted by molar-refractivity contribution is 5.95. The number of carboxylic acid groups (broad SMARTS) is 1. The standard InChI is InChI=1S/C15H15N3O4/c1-9-16-13(22-17-9)10-2-4-11(5-3-10)14(19)18-7-6-12(8-18)15(20)21/h2-5,12H,6-8H2,1H3,(H,20,21)/t12-/m1/s1. The van der Waals surface area contributed by atoms with Gasteiger partial charge in [-0.1, -0.05) is 5.16 Å². The van der Waals surface area contributed by atoms with E-state index in [4.69, 9.17) is 9.63 Å². The lowest BCUT2D eigenvalue weighted by Crippen LogP contribution is -2.29. The van der Waals surface area contributed by atoms with Crippen LogP contribution in [0.3, 0.4) is 0 Å². The lowest BCUT2D eigenvalue weighted by atomic mass is 10.1. The molecule has 22 heavy (non-hydrogen) atoms. The lowest BCUT2D eigenvalue weighted by Gasteiger charge is -2.15. The Morgan fingerprint density at radius 2 is 2.05 bits per heavy atom. The molecule has 0 aliphatic carbocycles. The topological polar surface area (TPSA) is 96.5 Å². The Morgan fingerprint density at radius 1 is 1.32 bits per heavy atom. The summed E-state index contributed by atoms with van der Waals surface area (Å²) >= 11 is 0. The van der Waals surface area contributed by atoms with E-state index >= 15 is 0 Å². The van der Waals surface area contributed by atoms with E-state index in [-0.39, 0.29) is 12.5 Å². The Bertz CT molecular complexity index is 708. The number of aryl methyl sites for hydroxylation is 1. The molecule has 1 aromatic carbocycles. The molecule has 1 atom stereocenters. The highest BCUT2D eigenvalue weighted by Crippen LogP contribution is 2.21. The highest BCUT2D eigenvalue weighted by atomic mass is 16.5. The summed E-state index contributed by atoms with van der Waals surface area (Å²) in [6.45, 7) is 2.47. The van der Waals surface area contributed by atoms with E-state index in [1.807, 2.05) is 0 Å². The Balaban J connectivity index is 1.73. The number of amides is 1. The molecular weight excluding hydrogens is 286 g/mol. The molecule has 7 heteroatoms. The van der Waals surface area contributed by atoms with Crippen LogP contribution in [0.25, 0.3) is 11.5 Å². The lowest BCUT2D eigenvalue weighted by molar-refractivity contribution is -0.141. The monoisotopic (exact) mass is 301 g/mol. The molecule has 1 saturated heterocycles. The number of benzene rings is 1. The first-order valence-corrected chi connectivity index (χ1v) is 6.97. The summed E-state index contributed by atoms with van der Waals surface area (Å²) < 4.78 is 5.07. The van der Waals surface area contributed by atoms with E-state index in [0.29, 0.717) is 30.2 Å². The average Bonchev–Trinajstić information content (AvgIpc) is 3.16. The van der Waals surface area contributed by atoms with Crippen LogP contribution in [0, 0.1) is 12.8 Å². The summed E-state index contributed by atoms with van der Waals surface area (Å²) in [5.74, 6) is -0.519. The van der Waals surface area contributed by atoms with Gasteiger partial charge in [0.1, 0.15) is 0 Å². The maximum absolute atomic E-state index is 12.3. The minimum Gasteiger partial charge on any atom is -0.481 e. The fourth-order valence-corrected chi connectivity index (χ4v) is 2.50. The van der Waals surface area contributed by atoms with Crippen molar-refractivity contribution < 1.29 is 19.2 Å². The maximum Gasteiger partial charge on any atom is 0.308 e. The first kappa shape index (κ1) is 14.2. The van der Waals surface area contributed by atoms with Gasteiger partial charge in [0.15, 0.2) is 5.82 Å². The van der Waals surface area contributed by atoms with Crippen LogP contribution in [0.15, 0.2) is 28.8 Å². The minimum absolute atomic E-state index is 0.156. The average molecular weight is 301 g/mol. The third-order valence-electron chi connectivity index (χ3n) is 3.73. The van der Waals surface area contributed by atoms with Crippen molar-refractivity contribution in [3.05, 3.63) is 35.7 Å². The van der Waals surface area contributed by atoms with Gasteiger partial charge in [0.05, 0.1) is 5.92 Å². The Kier molecular flexibility index (Phi) is 3.62. The number of nitrogens with zero attached hydrogens (tertiary/aromatic N) is 3. The number of hydrogen-bond donors (Lipinski definition) is 1. The number of aliphatic carboxylic acids is 1. The molecule has 1 amide bonds. The number of aromatic nitrogens is 2. The van der Waals surface area contributed by atoms with Gasteiger partial charge in [-0.15, -0.1) is 0 Å². The molecule has 114 valence electrons. The summed E-state index contributed by atoms with van der Waals surface area (Å²) in [5.41, 5.74) is 1.26. The van der Waals surface area contributed by atoms with Crippen molar-refractivity contribution in [3.63, 3.8) is 0 Å². The fourth-order valence-electron chi connectivity index (χ4n) is 2.50. The molecule has 3 rings (SSSR count). The van der Waals surface area contributed by atoms with Crippen molar-refractivity contribution in [2.24, 2.45) is 5.92 Å². The first-order valence-electron chi connectivity index (χ1n) is 6.97. The zero-order valence-corrected chi connectivity index (χ0v) is 12.0. The van der Waals surface area contributed by atoms with Gasteiger partial charge >= 0.3 is 5.97 Å². The van der Waals surface area contributed by atoms with E-state index in [2.05, 4.69) is 10.1 Å². The van der Waals surface area contributed by atoms with Crippen molar-refractivity contribution in [1.82, 2.24) is 15.0 Å². The van der Waals surface area contributed by atoms with Gasteiger partial charge in [-0.05, 0) is 37.6 Å². The second-order valence-corrected chi connectivity index (χ2v) is 5.30. The van der Waals surface area contributed by atoms with E-state index in [9.17, 15) is 9.59 Å². The van der Waals surface area contributed by atoms with Gasteiger partial charge in [-0.3, -0.25) is 9.59 Å². The summed E-state index contributed by atoms with van der Waals surface area (Å²) in [5, 5.41) is 12.7. The number of hydrogen-bond acceptors (Lipinski definition) is 5. The van der Waals surface area contributed by atoms with Gasteiger partial charge in [0.25, 0.3) is 11.8 Å². The zero-order chi connectivity index (χ0) is 15.7. The van der Waals surface area contributed by atoms with E-state index < -0.39 is 11.9 Å². The molecule has 1 aromatic heterocycles. The first-order chi connectivity index (χ1) is 10.5.